The zero-order chi connectivity index (χ0) is 17.4. The third-order valence-electron chi connectivity index (χ3n) is 4.28. The second kappa shape index (κ2) is 9.42. The molecule has 0 spiro atoms. The minimum atomic E-state index is -0.213. The molecule has 0 N–H and O–H groups in total. The van der Waals surface area contributed by atoms with Gasteiger partial charge in [0.05, 0.1) is 18.4 Å². The summed E-state index contributed by atoms with van der Waals surface area (Å²) in [5.74, 6) is -0.612. The number of carbonyl (C=O) groups is 2. The third kappa shape index (κ3) is 5.64. The monoisotopic (exact) mass is 333 g/mol. The van der Waals surface area contributed by atoms with Gasteiger partial charge in [-0.15, -0.1) is 0 Å². The summed E-state index contributed by atoms with van der Waals surface area (Å²) in [5.41, 5.74) is 0.985. The molecule has 1 aliphatic rings. The standard InChI is InChI=1S/C19H27NO4/c1-3-23-19(22)17-10-7-11-20(13-17)12-15(2)18(21)24-14-16-8-5-4-6-9-16/h4-6,8-9,15,17H,3,7,10-14H2,1-2H3. The Hall–Kier alpha value is -1.88. The van der Waals surface area contributed by atoms with Crippen molar-refractivity contribution in [2.45, 2.75) is 33.3 Å². The summed E-state index contributed by atoms with van der Waals surface area (Å²) in [5, 5.41) is 0. The fourth-order valence-corrected chi connectivity index (χ4v) is 3.01. The maximum absolute atomic E-state index is 12.2. The number of hydrogen-bond donors (Lipinski definition) is 0. The Morgan fingerprint density at radius 1 is 1.25 bits per heavy atom. The molecule has 0 aliphatic carbocycles. The van der Waals surface area contributed by atoms with Crippen LogP contribution < -0.4 is 0 Å². The Morgan fingerprint density at radius 3 is 2.71 bits per heavy atom. The van der Waals surface area contributed by atoms with Crippen LogP contribution in [0.15, 0.2) is 30.3 Å². The summed E-state index contributed by atoms with van der Waals surface area (Å²) in [7, 11) is 0. The van der Waals surface area contributed by atoms with Gasteiger partial charge in [-0.25, -0.2) is 0 Å². The van der Waals surface area contributed by atoms with E-state index in [2.05, 4.69) is 4.90 Å². The van der Waals surface area contributed by atoms with Crippen LogP contribution >= 0.6 is 0 Å². The van der Waals surface area contributed by atoms with Crippen molar-refractivity contribution in [1.29, 1.82) is 0 Å². The van der Waals surface area contributed by atoms with E-state index in [0.717, 1.165) is 24.9 Å². The van der Waals surface area contributed by atoms with Crippen molar-refractivity contribution in [3.05, 3.63) is 35.9 Å². The van der Waals surface area contributed by atoms with Gasteiger partial charge in [-0.05, 0) is 31.9 Å². The van der Waals surface area contributed by atoms with Crippen molar-refractivity contribution in [1.82, 2.24) is 4.90 Å². The molecule has 1 saturated heterocycles. The molecule has 0 saturated carbocycles. The Labute approximate surface area is 143 Å². The van der Waals surface area contributed by atoms with E-state index in [9.17, 15) is 9.59 Å². The van der Waals surface area contributed by atoms with E-state index in [0.29, 0.717) is 26.3 Å². The van der Waals surface area contributed by atoms with Crippen LogP contribution in [0, 0.1) is 11.8 Å². The van der Waals surface area contributed by atoms with Gasteiger partial charge in [0.1, 0.15) is 6.61 Å². The predicted molar refractivity (Wildman–Crippen MR) is 91.2 cm³/mol. The second-order valence-corrected chi connectivity index (χ2v) is 6.35. The lowest BCUT2D eigenvalue weighted by Crippen LogP contribution is -2.42. The summed E-state index contributed by atoms with van der Waals surface area (Å²) in [6.07, 6.45) is 1.82. The van der Waals surface area contributed by atoms with Crippen LogP contribution in [-0.2, 0) is 25.7 Å². The molecule has 2 unspecified atom stereocenters. The smallest absolute Gasteiger partial charge is 0.310 e. The number of carbonyl (C=O) groups excluding carboxylic acids is 2. The average molecular weight is 333 g/mol. The lowest BCUT2D eigenvalue weighted by molar-refractivity contribution is -0.151. The molecule has 5 nitrogen and oxygen atoms in total. The molecule has 0 amide bonds. The zero-order valence-electron chi connectivity index (χ0n) is 14.6. The first kappa shape index (κ1) is 18.5. The number of likely N-dealkylation sites (tertiary alicyclic amines) is 1. The van der Waals surface area contributed by atoms with E-state index in [1.54, 1.807) is 0 Å². The molecule has 1 aromatic carbocycles. The highest BCUT2D eigenvalue weighted by Crippen LogP contribution is 2.19. The second-order valence-electron chi connectivity index (χ2n) is 6.35. The van der Waals surface area contributed by atoms with Crippen LogP contribution in [-0.4, -0.2) is 43.1 Å². The Morgan fingerprint density at radius 2 is 2.00 bits per heavy atom. The molecular weight excluding hydrogens is 306 g/mol. The van der Waals surface area contributed by atoms with Gasteiger partial charge in [0.15, 0.2) is 0 Å². The molecule has 2 atom stereocenters. The van der Waals surface area contributed by atoms with Crippen LogP contribution in [0.25, 0.3) is 0 Å². The molecule has 1 heterocycles. The molecule has 1 aromatic rings. The molecule has 0 radical (unpaired) electrons. The van der Waals surface area contributed by atoms with Crippen LogP contribution in [0.2, 0.25) is 0 Å². The van der Waals surface area contributed by atoms with Crippen LogP contribution in [0.4, 0.5) is 0 Å². The van der Waals surface area contributed by atoms with Crippen LogP contribution in [0.3, 0.4) is 0 Å². The minimum Gasteiger partial charge on any atom is -0.466 e. The Kier molecular flexibility index (Phi) is 7.25. The van der Waals surface area contributed by atoms with Crippen LogP contribution in [0.1, 0.15) is 32.3 Å². The first-order chi connectivity index (χ1) is 11.6. The summed E-state index contributed by atoms with van der Waals surface area (Å²) < 4.78 is 10.5. The minimum absolute atomic E-state index is 0.0776. The lowest BCUT2D eigenvalue weighted by atomic mass is 9.97. The number of rotatable bonds is 7. The van der Waals surface area contributed by atoms with Gasteiger partial charge in [-0.3, -0.25) is 9.59 Å². The highest BCUT2D eigenvalue weighted by molar-refractivity contribution is 5.73. The normalized spacial score (nSPS) is 19.5. The van der Waals surface area contributed by atoms with Crippen molar-refractivity contribution < 1.29 is 19.1 Å². The highest BCUT2D eigenvalue weighted by Gasteiger charge is 2.28. The quantitative estimate of drug-likeness (QED) is 0.718. The summed E-state index contributed by atoms with van der Waals surface area (Å²) in [6.45, 7) is 6.60. The molecule has 0 bridgehead atoms. The number of benzene rings is 1. The van der Waals surface area contributed by atoms with E-state index in [4.69, 9.17) is 9.47 Å². The number of piperidine rings is 1. The van der Waals surface area contributed by atoms with E-state index in [1.165, 1.54) is 0 Å². The maximum Gasteiger partial charge on any atom is 0.310 e. The highest BCUT2D eigenvalue weighted by atomic mass is 16.5. The van der Waals surface area contributed by atoms with Gasteiger partial charge in [-0.1, -0.05) is 37.3 Å². The van der Waals surface area contributed by atoms with Crippen LogP contribution in [0.5, 0.6) is 0 Å². The van der Waals surface area contributed by atoms with Crippen molar-refractivity contribution in [2.24, 2.45) is 11.8 Å². The SMILES string of the molecule is CCOC(=O)C1CCCN(CC(C)C(=O)OCc2ccccc2)C1. The molecule has 2 rings (SSSR count). The third-order valence-corrected chi connectivity index (χ3v) is 4.28. The van der Waals surface area contributed by atoms with Gasteiger partial charge in [0.25, 0.3) is 0 Å². The van der Waals surface area contributed by atoms with Gasteiger partial charge in [-0.2, -0.15) is 0 Å². The predicted octanol–water partition coefficient (Wildman–Crippen LogP) is 2.64. The molecule has 1 fully saturated rings. The van der Waals surface area contributed by atoms with E-state index >= 15 is 0 Å². The molecular formula is C19H27NO4. The first-order valence-corrected chi connectivity index (χ1v) is 8.69. The summed E-state index contributed by atoms with van der Waals surface area (Å²) in [6, 6.07) is 9.66. The van der Waals surface area contributed by atoms with Gasteiger partial charge in [0.2, 0.25) is 0 Å². The first-order valence-electron chi connectivity index (χ1n) is 8.69. The average Bonchev–Trinajstić information content (AvgIpc) is 2.61. The fraction of sp³-hybridized carbons (Fsp3) is 0.579. The number of esters is 2. The number of nitrogens with zero attached hydrogens (tertiary/aromatic N) is 1. The molecule has 1 aliphatic heterocycles. The van der Waals surface area contributed by atoms with Crippen molar-refractivity contribution in [3.8, 4) is 0 Å². The van der Waals surface area contributed by atoms with Crippen molar-refractivity contribution in [2.75, 3.05) is 26.2 Å². The van der Waals surface area contributed by atoms with Gasteiger partial charge in [0, 0.05) is 13.1 Å². The zero-order valence-corrected chi connectivity index (χ0v) is 14.6. The fourth-order valence-electron chi connectivity index (χ4n) is 3.01. The Balaban J connectivity index is 1.77. The van der Waals surface area contributed by atoms with E-state index in [-0.39, 0.29) is 23.8 Å². The summed E-state index contributed by atoms with van der Waals surface area (Å²) in [4.78, 5) is 26.2. The van der Waals surface area contributed by atoms with Crippen molar-refractivity contribution in [3.63, 3.8) is 0 Å². The van der Waals surface area contributed by atoms with E-state index in [1.807, 2.05) is 44.2 Å². The molecule has 24 heavy (non-hydrogen) atoms. The van der Waals surface area contributed by atoms with Gasteiger partial charge >= 0.3 is 11.9 Å². The molecule has 5 heteroatoms. The molecule has 132 valence electrons. The number of ether oxygens (including phenoxy) is 2. The Bertz CT molecular complexity index is 531. The lowest BCUT2D eigenvalue weighted by Gasteiger charge is -2.32. The summed E-state index contributed by atoms with van der Waals surface area (Å²) >= 11 is 0. The van der Waals surface area contributed by atoms with Crippen molar-refractivity contribution >= 4 is 11.9 Å². The topological polar surface area (TPSA) is 55.8 Å². The van der Waals surface area contributed by atoms with E-state index < -0.39 is 0 Å². The van der Waals surface area contributed by atoms with Gasteiger partial charge < -0.3 is 14.4 Å². The molecule has 0 aromatic heterocycles. The maximum atomic E-state index is 12.2. The largest absolute Gasteiger partial charge is 0.466 e. The number of hydrogen-bond acceptors (Lipinski definition) is 5.